The molecule has 0 aliphatic carbocycles. The molecule has 2 aliphatic heterocycles. The van der Waals surface area contributed by atoms with Gasteiger partial charge in [0.25, 0.3) is 23.6 Å². The van der Waals surface area contributed by atoms with Gasteiger partial charge in [0.15, 0.2) is 48.4 Å². The maximum absolute atomic E-state index is 14.1. The number of rotatable bonds is 80. The Hall–Kier alpha value is -6.32. The van der Waals surface area contributed by atoms with Crippen molar-refractivity contribution < 1.29 is 38.1 Å². The molecule has 0 aromatic carbocycles. The number of unbranched alkanes of at least 4 members (excludes halogenated alkanes) is 60. The lowest BCUT2D eigenvalue weighted by Crippen LogP contribution is -2.37. The van der Waals surface area contributed by atoms with Crippen LogP contribution < -0.4 is 40.2 Å². The van der Waals surface area contributed by atoms with E-state index in [4.69, 9.17) is 28.9 Å². The third kappa shape index (κ3) is 48.4. The van der Waals surface area contributed by atoms with Crippen LogP contribution in [0.3, 0.4) is 0 Å². The van der Waals surface area contributed by atoms with E-state index in [-0.39, 0.29) is 36.8 Å². The second-order valence-electron chi connectivity index (χ2n) is 34.9. The van der Waals surface area contributed by atoms with Gasteiger partial charge in [-0.25, -0.2) is 9.97 Å². The van der Waals surface area contributed by atoms with E-state index in [9.17, 15) is 19.2 Å². The van der Waals surface area contributed by atoms with E-state index >= 15 is 0 Å². The van der Waals surface area contributed by atoms with Crippen LogP contribution in [0.1, 0.15) is 475 Å². The lowest BCUT2D eigenvalue weighted by molar-refractivity contribution is -0.127. The smallest absolute Gasteiger partial charge is 0.260 e. The standard InChI is InChI=1S/C102H174N8O8/c1-7-11-15-19-23-27-31-35-39-43-47-51-55-59-63-67-79-103-95(111)83-115-97-87-71-72-88(107-87)98(116-84-96(112)104-80-68-64-60-56-52-48-44-40-36-32-28-24-20-16-12-8-2)90-74-76-92(109-90)100(118-86(6)102(114)106-82-70-66-62-58-54-50-46-42-38-34-30-26-22-18-14-10-4)94-78-77-93(110-94)99(91-75-73-89(97)108-91)117-85(5)101(113)105-81-69-65-61-57-53-49-45-41-37-33-29-25-21-17-13-9-3/h71-78,85-86,107,110H,7-70,79-84H2,1-6H3,(H,103,111)(H,104,112)(H,105,113)(H,106,114)/t85-,86-/m0/s1. The molecule has 0 saturated carbocycles. The van der Waals surface area contributed by atoms with Gasteiger partial charge < -0.3 is 50.2 Å². The molecule has 4 amide bonds. The molecule has 3 aromatic rings. The molecule has 6 N–H and O–H groups in total. The van der Waals surface area contributed by atoms with Gasteiger partial charge in [0.05, 0.1) is 22.1 Å². The van der Waals surface area contributed by atoms with Gasteiger partial charge in [-0.3, -0.25) is 19.2 Å². The highest BCUT2D eigenvalue weighted by atomic mass is 16.5. The zero-order chi connectivity index (χ0) is 84.0. The second-order valence-corrected chi connectivity index (χ2v) is 34.9. The molecule has 118 heavy (non-hydrogen) atoms. The maximum atomic E-state index is 14.1. The highest BCUT2D eigenvalue weighted by Gasteiger charge is 2.25. The maximum Gasteiger partial charge on any atom is 0.260 e. The van der Waals surface area contributed by atoms with Crippen molar-refractivity contribution in [2.45, 2.75) is 465 Å². The van der Waals surface area contributed by atoms with Crippen LogP contribution in [0.2, 0.25) is 0 Å². The predicted molar refractivity (Wildman–Crippen MR) is 500 cm³/mol. The molecular formula is C102H174N8O8. The largest absolute Gasteiger partial charge is 0.479 e. The van der Waals surface area contributed by atoms with Crippen molar-refractivity contribution in [2.24, 2.45) is 0 Å². The van der Waals surface area contributed by atoms with Crippen LogP contribution in [-0.2, 0) is 19.2 Å². The van der Waals surface area contributed by atoms with E-state index in [2.05, 4.69) is 58.9 Å². The SMILES string of the molecule is CCCCCCCCCCCCCCCCCCNC(=O)COc1c2nc(c(O[C@@H](C)C(=O)NCCCCCCCCCCCCCCCCCC)c3ccc([nH]3)c(O[C@@H](C)C(=O)NCCCCCCCCCCCCCCCCCC)c3nc(c(OCC(=O)NCCCCCCCCCCCCCCCCCC)c4ccc1[nH]4)C=C3)C=C2. The Kier molecular flexibility index (Phi) is 60.9. The molecule has 16 heteroatoms. The van der Waals surface area contributed by atoms with Gasteiger partial charge >= 0.3 is 0 Å². The van der Waals surface area contributed by atoms with E-state index in [0.717, 1.165) is 77.0 Å². The minimum Gasteiger partial charge on any atom is -0.479 e. The first-order chi connectivity index (χ1) is 58.1. The fourth-order valence-corrected chi connectivity index (χ4v) is 16.3. The van der Waals surface area contributed by atoms with E-state index in [1.54, 1.807) is 13.8 Å². The molecule has 5 heterocycles. The van der Waals surface area contributed by atoms with E-state index in [0.29, 0.717) is 94.0 Å². The molecule has 3 aromatic heterocycles. The minimum atomic E-state index is -0.927. The molecule has 16 nitrogen and oxygen atoms in total. The number of H-pyrrole nitrogens is 2. The molecule has 0 unspecified atom stereocenters. The van der Waals surface area contributed by atoms with Crippen LogP contribution in [0.25, 0.3) is 46.4 Å². The molecule has 670 valence electrons. The van der Waals surface area contributed by atoms with Gasteiger partial charge in [-0.2, -0.15) is 0 Å². The quantitative estimate of drug-likeness (QED) is 0.0203. The lowest BCUT2D eigenvalue weighted by atomic mass is 10.0. The summed E-state index contributed by atoms with van der Waals surface area (Å²) in [7, 11) is 0. The number of aromatic nitrogens is 4. The number of fused-ring (bicyclic) bond motifs is 8. The molecule has 2 aliphatic rings. The number of nitrogens with zero attached hydrogens (tertiary/aromatic N) is 2. The third-order valence-corrected chi connectivity index (χ3v) is 23.9. The minimum absolute atomic E-state index is 0.245. The first-order valence-electron chi connectivity index (χ1n) is 49.9. The Balaban J connectivity index is 1.33. The molecule has 0 spiro atoms. The second kappa shape index (κ2) is 70.2. The summed E-state index contributed by atoms with van der Waals surface area (Å²) in [6, 6.07) is 7.41. The van der Waals surface area contributed by atoms with E-state index in [1.807, 2.05) is 48.6 Å². The zero-order valence-electron chi connectivity index (χ0n) is 76.4. The topological polar surface area (TPSA) is 211 Å². The Morgan fingerprint density at radius 1 is 0.263 bits per heavy atom. The van der Waals surface area contributed by atoms with Crippen molar-refractivity contribution in [3.63, 3.8) is 0 Å². The first kappa shape index (κ1) is 102. The van der Waals surface area contributed by atoms with Crippen molar-refractivity contribution >= 4 is 70.0 Å². The number of nitrogens with one attached hydrogen (secondary N) is 6. The number of hydrogen-bond acceptors (Lipinski definition) is 10. The summed E-state index contributed by atoms with van der Waals surface area (Å²) in [5.41, 5.74) is 3.64. The number of carbonyl (C=O) groups excluding carboxylic acids is 4. The third-order valence-electron chi connectivity index (χ3n) is 23.9. The Morgan fingerprint density at radius 3 is 0.653 bits per heavy atom. The fraction of sp³-hybridized carbons (Fsp3) is 0.765. The van der Waals surface area contributed by atoms with Crippen LogP contribution in [-0.4, -0.2) is 95.2 Å². The van der Waals surface area contributed by atoms with Crippen molar-refractivity contribution in [1.82, 2.24) is 41.2 Å². The van der Waals surface area contributed by atoms with E-state index in [1.165, 1.54) is 334 Å². The molecule has 0 saturated heterocycles. The molecule has 0 radical (unpaired) electrons. The number of carbonyl (C=O) groups is 4. The van der Waals surface area contributed by atoms with Crippen LogP contribution in [0.4, 0.5) is 0 Å². The van der Waals surface area contributed by atoms with Gasteiger partial charge in [-0.1, -0.05) is 413 Å². The zero-order valence-corrected chi connectivity index (χ0v) is 76.4. The number of ether oxygens (including phenoxy) is 4. The Bertz CT molecular complexity index is 3080. The number of hydrogen-bond donors (Lipinski definition) is 6. The van der Waals surface area contributed by atoms with Gasteiger partial charge in [-0.15, -0.1) is 0 Å². The molecule has 5 rings (SSSR count). The van der Waals surface area contributed by atoms with Crippen LogP contribution >= 0.6 is 0 Å². The fourth-order valence-electron chi connectivity index (χ4n) is 16.3. The number of aromatic amines is 2. The lowest BCUT2D eigenvalue weighted by Gasteiger charge is -2.16. The van der Waals surface area contributed by atoms with Gasteiger partial charge in [0.2, 0.25) is 0 Å². The normalized spacial score (nSPS) is 12.3. The highest BCUT2D eigenvalue weighted by Crippen LogP contribution is 2.37. The summed E-state index contributed by atoms with van der Waals surface area (Å²) in [5.74, 6) is 0.214. The number of amides is 4. The van der Waals surface area contributed by atoms with Gasteiger partial charge in [0, 0.05) is 26.2 Å². The van der Waals surface area contributed by atoms with Crippen LogP contribution in [0.5, 0.6) is 23.0 Å². The first-order valence-corrected chi connectivity index (χ1v) is 49.9. The van der Waals surface area contributed by atoms with Crippen molar-refractivity contribution in [3.8, 4) is 23.0 Å². The van der Waals surface area contributed by atoms with Gasteiger partial charge in [-0.05, 0) is 88.1 Å². The summed E-state index contributed by atoms with van der Waals surface area (Å²) in [5, 5.41) is 12.5. The molecular weight excluding hydrogens is 1470 g/mol. The summed E-state index contributed by atoms with van der Waals surface area (Å²) in [6.07, 6.45) is 87.4. The van der Waals surface area contributed by atoms with Crippen LogP contribution in [0.15, 0.2) is 24.3 Å². The highest BCUT2D eigenvalue weighted by molar-refractivity contribution is 5.89. The van der Waals surface area contributed by atoms with Crippen molar-refractivity contribution in [1.29, 1.82) is 0 Å². The molecule has 0 fully saturated rings. The van der Waals surface area contributed by atoms with Crippen molar-refractivity contribution in [3.05, 3.63) is 47.0 Å². The monoisotopic (exact) mass is 1640 g/mol. The van der Waals surface area contributed by atoms with Crippen molar-refractivity contribution in [2.75, 3.05) is 39.4 Å². The van der Waals surface area contributed by atoms with Crippen LogP contribution in [0, 0.1) is 0 Å². The average molecular weight is 1640 g/mol. The average Bonchev–Trinajstić information content (AvgIpc) is 1.63. The predicted octanol–water partition coefficient (Wildman–Crippen LogP) is 28.5. The Morgan fingerprint density at radius 2 is 0.441 bits per heavy atom. The summed E-state index contributed by atoms with van der Waals surface area (Å²) < 4.78 is 26.7. The molecule has 8 bridgehead atoms. The molecule has 2 atom stereocenters. The Labute approximate surface area is 719 Å². The summed E-state index contributed by atoms with van der Waals surface area (Å²) >= 11 is 0. The van der Waals surface area contributed by atoms with E-state index < -0.39 is 12.2 Å². The van der Waals surface area contributed by atoms with Gasteiger partial charge in [0.1, 0.15) is 22.8 Å². The summed E-state index contributed by atoms with van der Waals surface area (Å²) in [6.45, 7) is 14.3. The summed E-state index contributed by atoms with van der Waals surface area (Å²) in [4.78, 5) is 73.2.